The van der Waals surface area contributed by atoms with Crippen LogP contribution in [0, 0.1) is 11.6 Å². The highest BCUT2D eigenvalue weighted by molar-refractivity contribution is 8.27. The Balaban J connectivity index is 1.59. The zero-order chi connectivity index (χ0) is 19.0. The molecule has 0 aliphatic carbocycles. The number of thiocarbonyl (C=S) groups is 1. The summed E-state index contributed by atoms with van der Waals surface area (Å²) in [4.78, 5) is 19.0. The van der Waals surface area contributed by atoms with Crippen LogP contribution in [0.25, 0.3) is 16.6 Å². The van der Waals surface area contributed by atoms with Gasteiger partial charge in [-0.1, -0.05) is 24.0 Å². The van der Waals surface area contributed by atoms with E-state index in [0.29, 0.717) is 20.6 Å². The van der Waals surface area contributed by atoms with E-state index >= 15 is 0 Å². The molecular formula is C19H10F2N2OS3. The summed E-state index contributed by atoms with van der Waals surface area (Å²) in [6.45, 7) is 0. The molecule has 1 aliphatic rings. The number of halogens is 2. The van der Waals surface area contributed by atoms with E-state index in [4.69, 9.17) is 12.2 Å². The fourth-order valence-electron chi connectivity index (χ4n) is 2.49. The fraction of sp³-hybridized carbons (Fsp3) is 0. The molecule has 0 saturated carbocycles. The van der Waals surface area contributed by atoms with Crippen molar-refractivity contribution in [3.05, 3.63) is 76.1 Å². The molecule has 0 unspecified atom stereocenters. The van der Waals surface area contributed by atoms with Crippen molar-refractivity contribution in [1.82, 2.24) is 4.98 Å². The Hall–Kier alpha value is -2.42. The number of thiazole rings is 1. The quantitative estimate of drug-likeness (QED) is 0.417. The number of hydrogen-bond donors (Lipinski definition) is 0. The minimum Gasteiger partial charge on any atom is -0.268 e. The number of benzene rings is 2. The second kappa shape index (κ2) is 7.30. The van der Waals surface area contributed by atoms with Crippen molar-refractivity contribution in [3.8, 4) is 10.6 Å². The average Bonchev–Trinajstić information content (AvgIpc) is 3.22. The first-order chi connectivity index (χ1) is 13.0. The summed E-state index contributed by atoms with van der Waals surface area (Å²) >= 11 is 7.88. The van der Waals surface area contributed by atoms with Gasteiger partial charge in [-0.25, -0.2) is 13.8 Å². The van der Waals surface area contributed by atoms with Crippen molar-refractivity contribution in [2.45, 2.75) is 0 Å². The molecular weight excluding hydrogens is 406 g/mol. The minimum atomic E-state index is -0.379. The summed E-state index contributed by atoms with van der Waals surface area (Å²) in [5, 5.41) is 2.55. The van der Waals surface area contributed by atoms with Crippen molar-refractivity contribution < 1.29 is 13.6 Å². The van der Waals surface area contributed by atoms with Gasteiger partial charge in [0.05, 0.1) is 16.3 Å². The lowest BCUT2D eigenvalue weighted by atomic mass is 10.2. The summed E-state index contributed by atoms with van der Waals surface area (Å²) < 4.78 is 26.5. The maximum Gasteiger partial charge on any atom is 0.270 e. The standard InChI is InChI=1S/C19H10F2N2OS3/c20-12-3-1-11(2-4-12)17-22-14(10-26-17)9-16-18(24)23(19(25)27-16)15-7-5-13(21)6-8-15/h1-10H/b16-9+. The molecule has 0 atom stereocenters. The van der Waals surface area contributed by atoms with Crippen LogP contribution < -0.4 is 4.90 Å². The maximum absolute atomic E-state index is 13.1. The number of carbonyl (C=O) groups is 1. The fourth-order valence-corrected chi connectivity index (χ4v) is 4.56. The second-order valence-electron chi connectivity index (χ2n) is 5.58. The smallest absolute Gasteiger partial charge is 0.268 e. The molecule has 3 aromatic rings. The first-order valence-electron chi connectivity index (χ1n) is 7.76. The average molecular weight is 416 g/mol. The van der Waals surface area contributed by atoms with Crippen LogP contribution in [0.2, 0.25) is 0 Å². The van der Waals surface area contributed by atoms with Gasteiger partial charge in [0, 0.05) is 10.9 Å². The van der Waals surface area contributed by atoms with Crippen LogP contribution in [0.15, 0.2) is 58.8 Å². The Morgan fingerprint density at radius 1 is 1.00 bits per heavy atom. The maximum atomic E-state index is 13.1. The Bertz CT molecular complexity index is 1060. The van der Waals surface area contributed by atoms with Crippen molar-refractivity contribution in [3.63, 3.8) is 0 Å². The van der Waals surface area contributed by atoms with Crippen LogP contribution in [0.5, 0.6) is 0 Å². The lowest BCUT2D eigenvalue weighted by Crippen LogP contribution is -2.27. The predicted octanol–water partition coefficient (Wildman–Crippen LogP) is 5.49. The van der Waals surface area contributed by atoms with E-state index in [0.717, 1.165) is 10.6 Å². The van der Waals surface area contributed by atoms with Gasteiger partial charge in [-0.15, -0.1) is 11.3 Å². The molecule has 0 bridgehead atoms. The zero-order valence-electron chi connectivity index (χ0n) is 13.6. The van der Waals surface area contributed by atoms with Gasteiger partial charge in [-0.3, -0.25) is 9.69 Å². The molecule has 134 valence electrons. The van der Waals surface area contributed by atoms with Gasteiger partial charge < -0.3 is 0 Å². The molecule has 2 aromatic carbocycles. The van der Waals surface area contributed by atoms with Crippen molar-refractivity contribution in [1.29, 1.82) is 0 Å². The van der Waals surface area contributed by atoms with Crippen LogP contribution in [-0.4, -0.2) is 15.2 Å². The number of rotatable bonds is 3. The molecule has 1 saturated heterocycles. The third kappa shape index (κ3) is 3.69. The molecule has 3 nitrogen and oxygen atoms in total. The highest BCUT2D eigenvalue weighted by atomic mass is 32.2. The normalized spacial score (nSPS) is 15.8. The zero-order valence-corrected chi connectivity index (χ0v) is 16.0. The highest BCUT2D eigenvalue weighted by Gasteiger charge is 2.33. The third-order valence-electron chi connectivity index (χ3n) is 3.77. The summed E-state index contributed by atoms with van der Waals surface area (Å²) in [5.41, 5.74) is 1.95. The first kappa shape index (κ1) is 18.0. The van der Waals surface area contributed by atoms with E-state index in [1.54, 1.807) is 18.2 Å². The molecule has 2 heterocycles. The van der Waals surface area contributed by atoms with Crippen LogP contribution >= 0.6 is 35.3 Å². The molecule has 1 aliphatic heterocycles. The van der Waals surface area contributed by atoms with Gasteiger partial charge in [0.2, 0.25) is 0 Å². The Morgan fingerprint density at radius 2 is 1.63 bits per heavy atom. The molecule has 0 radical (unpaired) electrons. The molecule has 1 aromatic heterocycles. The molecule has 1 amide bonds. The Morgan fingerprint density at radius 3 is 2.30 bits per heavy atom. The van der Waals surface area contributed by atoms with Gasteiger partial charge >= 0.3 is 0 Å². The van der Waals surface area contributed by atoms with Crippen LogP contribution in [0.4, 0.5) is 14.5 Å². The lowest BCUT2D eigenvalue weighted by Gasteiger charge is -2.14. The van der Waals surface area contributed by atoms with Crippen LogP contribution in [-0.2, 0) is 4.79 Å². The molecule has 1 fully saturated rings. The van der Waals surface area contributed by atoms with Crippen molar-refractivity contribution in [2.24, 2.45) is 0 Å². The van der Waals surface area contributed by atoms with E-state index < -0.39 is 0 Å². The van der Waals surface area contributed by atoms with E-state index in [1.807, 2.05) is 5.38 Å². The van der Waals surface area contributed by atoms with Crippen LogP contribution in [0.1, 0.15) is 5.69 Å². The van der Waals surface area contributed by atoms with Crippen molar-refractivity contribution >= 4 is 57.3 Å². The Labute approximate surface area is 167 Å². The summed E-state index contributed by atoms with van der Waals surface area (Å²) in [7, 11) is 0. The number of thioether (sulfide) groups is 1. The molecule has 4 rings (SSSR count). The summed E-state index contributed by atoms with van der Waals surface area (Å²) in [6, 6.07) is 11.7. The number of hydrogen-bond acceptors (Lipinski definition) is 5. The summed E-state index contributed by atoms with van der Waals surface area (Å²) in [6.07, 6.45) is 1.67. The molecule has 0 spiro atoms. The van der Waals surface area contributed by atoms with E-state index in [2.05, 4.69) is 4.98 Å². The number of nitrogens with zero attached hydrogens (tertiary/aromatic N) is 2. The Kier molecular flexibility index (Phi) is 4.86. The van der Waals surface area contributed by atoms with Gasteiger partial charge in [0.15, 0.2) is 4.32 Å². The largest absolute Gasteiger partial charge is 0.270 e. The number of aromatic nitrogens is 1. The minimum absolute atomic E-state index is 0.270. The van der Waals surface area contributed by atoms with Gasteiger partial charge in [-0.05, 0) is 54.6 Å². The van der Waals surface area contributed by atoms with Gasteiger partial charge in [0.25, 0.3) is 5.91 Å². The molecule has 27 heavy (non-hydrogen) atoms. The van der Waals surface area contributed by atoms with Crippen LogP contribution in [0.3, 0.4) is 0 Å². The number of carbonyl (C=O) groups excluding carboxylic acids is 1. The predicted molar refractivity (Wildman–Crippen MR) is 110 cm³/mol. The second-order valence-corrected chi connectivity index (χ2v) is 8.11. The molecule has 0 N–H and O–H groups in total. The topological polar surface area (TPSA) is 33.2 Å². The lowest BCUT2D eigenvalue weighted by molar-refractivity contribution is -0.113. The number of anilines is 1. The van der Waals surface area contributed by atoms with Crippen molar-refractivity contribution in [2.75, 3.05) is 4.90 Å². The number of amides is 1. The molecule has 8 heteroatoms. The first-order valence-corrected chi connectivity index (χ1v) is 9.87. The van der Waals surface area contributed by atoms with Gasteiger partial charge in [0.1, 0.15) is 16.6 Å². The van der Waals surface area contributed by atoms with E-state index in [1.165, 1.54) is 64.4 Å². The van der Waals surface area contributed by atoms with E-state index in [-0.39, 0.29) is 17.5 Å². The summed E-state index contributed by atoms with van der Waals surface area (Å²) in [5.74, 6) is -0.955. The SMILES string of the molecule is O=C1/C(=C\c2csc(-c3ccc(F)cc3)n2)SC(=S)N1c1ccc(F)cc1. The van der Waals surface area contributed by atoms with E-state index in [9.17, 15) is 13.6 Å². The highest BCUT2D eigenvalue weighted by Crippen LogP contribution is 2.36. The third-order valence-corrected chi connectivity index (χ3v) is 5.98. The monoisotopic (exact) mass is 416 g/mol. The van der Waals surface area contributed by atoms with Gasteiger partial charge in [-0.2, -0.15) is 0 Å².